The molecule has 0 unspecified atom stereocenters. The van der Waals surface area contributed by atoms with E-state index in [1.54, 1.807) is 24.4 Å². The maximum atomic E-state index is 10.9. The maximum Gasteiger partial charge on any atom is 0.150 e. The Morgan fingerprint density at radius 2 is 2.00 bits per heavy atom. The first-order valence-electron chi connectivity index (χ1n) is 6.22. The van der Waals surface area contributed by atoms with Gasteiger partial charge in [-0.15, -0.1) is 0 Å². The van der Waals surface area contributed by atoms with E-state index in [4.69, 9.17) is 11.6 Å². The third-order valence-corrected chi connectivity index (χ3v) is 3.19. The standard InChI is InChI=1S/C16H15ClN2O/c1-11-5-3-7-14(17)15(11)16-18-8-4-6-13(10-20)9-12(2)19-16/h3-10H,1-2H3,(H,18,19). The third kappa shape index (κ3) is 3.25. The van der Waals surface area contributed by atoms with Gasteiger partial charge in [0, 0.05) is 23.0 Å². The molecule has 1 aromatic carbocycles. The number of hydrogen-bond donors (Lipinski definition) is 1. The van der Waals surface area contributed by atoms with Crippen LogP contribution in [0, 0.1) is 13.8 Å². The molecule has 0 aliphatic carbocycles. The van der Waals surface area contributed by atoms with Gasteiger partial charge in [0.15, 0.2) is 0 Å². The fourth-order valence-electron chi connectivity index (χ4n) is 1.96. The quantitative estimate of drug-likeness (QED) is 0.837. The Kier molecular flexibility index (Phi) is 4.53. The number of carbonyl (C=O) groups is 1. The van der Waals surface area contributed by atoms with Gasteiger partial charge >= 0.3 is 0 Å². The number of H-pyrrole nitrogens is 1. The highest BCUT2D eigenvalue weighted by atomic mass is 35.5. The number of nitrogens with zero attached hydrogens (tertiary/aromatic N) is 1. The minimum absolute atomic E-state index is 0.582. The van der Waals surface area contributed by atoms with Crippen LogP contribution in [0.3, 0.4) is 0 Å². The van der Waals surface area contributed by atoms with Gasteiger partial charge in [0.2, 0.25) is 0 Å². The molecule has 0 aliphatic rings. The molecule has 0 spiro atoms. The van der Waals surface area contributed by atoms with E-state index in [0.29, 0.717) is 16.4 Å². The van der Waals surface area contributed by atoms with Crippen molar-refractivity contribution in [1.82, 2.24) is 9.97 Å². The lowest BCUT2D eigenvalue weighted by molar-refractivity contribution is 0.112. The molecule has 20 heavy (non-hydrogen) atoms. The van der Waals surface area contributed by atoms with E-state index >= 15 is 0 Å². The van der Waals surface area contributed by atoms with E-state index in [-0.39, 0.29) is 0 Å². The van der Waals surface area contributed by atoms with Crippen LogP contribution < -0.4 is 0 Å². The molecular weight excluding hydrogens is 272 g/mol. The van der Waals surface area contributed by atoms with Gasteiger partial charge < -0.3 is 4.98 Å². The van der Waals surface area contributed by atoms with E-state index < -0.39 is 0 Å². The van der Waals surface area contributed by atoms with Crippen LogP contribution in [-0.2, 0) is 0 Å². The van der Waals surface area contributed by atoms with Crippen molar-refractivity contribution in [3.05, 3.63) is 64.4 Å². The first kappa shape index (κ1) is 14.3. The highest BCUT2D eigenvalue weighted by molar-refractivity contribution is 6.33. The average molecular weight is 287 g/mol. The predicted octanol–water partition coefficient (Wildman–Crippen LogP) is 4.28. The fourth-order valence-corrected chi connectivity index (χ4v) is 2.27. The van der Waals surface area contributed by atoms with E-state index in [9.17, 15) is 4.79 Å². The Morgan fingerprint density at radius 1 is 1.20 bits per heavy atom. The number of aromatic nitrogens is 2. The zero-order valence-corrected chi connectivity index (χ0v) is 12.1. The number of aromatic amines is 1. The third-order valence-electron chi connectivity index (χ3n) is 2.87. The van der Waals surface area contributed by atoms with E-state index in [1.165, 1.54) is 0 Å². The van der Waals surface area contributed by atoms with Crippen LogP contribution in [0.4, 0.5) is 0 Å². The summed E-state index contributed by atoms with van der Waals surface area (Å²) in [6.07, 6.45) is 2.45. The summed E-state index contributed by atoms with van der Waals surface area (Å²) in [6.45, 7) is 3.86. The molecule has 3 nitrogen and oxygen atoms in total. The molecule has 2 aromatic rings. The van der Waals surface area contributed by atoms with Crippen LogP contribution in [0.1, 0.15) is 21.6 Å². The first-order valence-corrected chi connectivity index (χ1v) is 6.60. The number of carbonyl (C=O) groups excluding carboxylic acids is 1. The Labute approximate surface area is 123 Å². The van der Waals surface area contributed by atoms with Crippen LogP contribution in [-0.4, -0.2) is 16.3 Å². The number of aldehydes is 1. The molecule has 0 radical (unpaired) electrons. The van der Waals surface area contributed by atoms with Crippen molar-refractivity contribution in [2.75, 3.05) is 0 Å². The van der Waals surface area contributed by atoms with Gasteiger partial charge in [-0.3, -0.25) is 4.79 Å². The van der Waals surface area contributed by atoms with Gasteiger partial charge in [-0.2, -0.15) is 0 Å². The monoisotopic (exact) mass is 286 g/mol. The van der Waals surface area contributed by atoms with Crippen LogP contribution in [0.2, 0.25) is 5.02 Å². The molecule has 0 aliphatic heterocycles. The zero-order chi connectivity index (χ0) is 14.5. The molecule has 0 bridgehead atoms. The highest BCUT2D eigenvalue weighted by Gasteiger charge is 2.07. The molecule has 1 N–H and O–H groups in total. The zero-order valence-electron chi connectivity index (χ0n) is 11.4. The summed E-state index contributed by atoms with van der Waals surface area (Å²) in [5.41, 5.74) is 3.30. The highest BCUT2D eigenvalue weighted by Crippen LogP contribution is 2.27. The van der Waals surface area contributed by atoms with Crippen molar-refractivity contribution in [3.8, 4) is 11.4 Å². The Balaban J connectivity index is 2.73. The van der Waals surface area contributed by atoms with Crippen molar-refractivity contribution < 1.29 is 4.79 Å². The minimum Gasteiger partial charge on any atom is -0.344 e. The Morgan fingerprint density at radius 3 is 2.70 bits per heavy atom. The van der Waals surface area contributed by atoms with E-state index in [1.807, 2.05) is 32.0 Å². The fraction of sp³-hybridized carbons (Fsp3) is 0.125. The second kappa shape index (κ2) is 6.35. The summed E-state index contributed by atoms with van der Waals surface area (Å²) in [5.74, 6) is 0.665. The molecule has 1 aromatic heterocycles. The lowest BCUT2D eigenvalue weighted by Gasteiger charge is -2.06. The predicted molar refractivity (Wildman–Crippen MR) is 81.5 cm³/mol. The van der Waals surface area contributed by atoms with Crippen LogP contribution in [0.5, 0.6) is 0 Å². The number of benzene rings is 1. The molecule has 102 valence electrons. The molecule has 1 heterocycles. The van der Waals surface area contributed by atoms with Gasteiger partial charge in [0.1, 0.15) is 12.1 Å². The first-order chi connectivity index (χ1) is 9.61. The van der Waals surface area contributed by atoms with Crippen molar-refractivity contribution in [1.29, 1.82) is 0 Å². The smallest absolute Gasteiger partial charge is 0.150 e. The Hall–Kier alpha value is -2.13. The summed E-state index contributed by atoms with van der Waals surface area (Å²) >= 11 is 6.27. The second-order valence-corrected chi connectivity index (χ2v) is 4.90. The SMILES string of the molecule is Cc1cc(C=O)cccnc(-c2c(C)cccc2Cl)[nH]1. The minimum atomic E-state index is 0.582. The van der Waals surface area contributed by atoms with E-state index in [2.05, 4.69) is 9.97 Å². The molecule has 0 fully saturated rings. The summed E-state index contributed by atoms with van der Waals surface area (Å²) in [5, 5.41) is 0.639. The largest absolute Gasteiger partial charge is 0.344 e. The normalized spacial score (nSPS) is 9.95. The summed E-state index contributed by atoms with van der Waals surface area (Å²) < 4.78 is 0. The van der Waals surface area contributed by atoms with E-state index in [0.717, 1.165) is 23.1 Å². The van der Waals surface area contributed by atoms with Gasteiger partial charge in [-0.05, 0) is 37.6 Å². The molecule has 2 rings (SSSR count). The second-order valence-electron chi connectivity index (χ2n) is 4.49. The van der Waals surface area contributed by atoms with Crippen molar-refractivity contribution in [3.63, 3.8) is 0 Å². The topological polar surface area (TPSA) is 45.8 Å². The van der Waals surface area contributed by atoms with Crippen LogP contribution in [0.25, 0.3) is 11.4 Å². The molecule has 0 atom stereocenters. The van der Waals surface area contributed by atoms with Crippen LogP contribution in [0.15, 0.2) is 42.6 Å². The number of aryl methyl sites for hydroxylation is 2. The van der Waals surface area contributed by atoms with Gasteiger partial charge in [-0.25, -0.2) is 4.98 Å². The van der Waals surface area contributed by atoms with Crippen molar-refractivity contribution in [2.24, 2.45) is 0 Å². The van der Waals surface area contributed by atoms with Gasteiger partial charge in [0.05, 0.1) is 5.02 Å². The Bertz CT molecular complexity index is 670. The number of rotatable bonds is 2. The molecule has 0 saturated carbocycles. The van der Waals surface area contributed by atoms with Crippen molar-refractivity contribution >= 4 is 17.9 Å². The van der Waals surface area contributed by atoms with Gasteiger partial charge in [-0.1, -0.05) is 29.8 Å². The van der Waals surface area contributed by atoms with Crippen LogP contribution >= 0.6 is 11.6 Å². The number of hydrogen-bond acceptors (Lipinski definition) is 2. The lowest BCUT2D eigenvalue weighted by atomic mass is 10.1. The lowest BCUT2D eigenvalue weighted by Crippen LogP contribution is -1.91. The van der Waals surface area contributed by atoms with Crippen molar-refractivity contribution in [2.45, 2.75) is 13.8 Å². The summed E-state index contributed by atoms with van der Waals surface area (Å²) in [6, 6.07) is 10.9. The summed E-state index contributed by atoms with van der Waals surface area (Å²) in [4.78, 5) is 18.5. The molecule has 4 heteroatoms. The molecular formula is C16H15ClN2O. The van der Waals surface area contributed by atoms with Gasteiger partial charge in [0.25, 0.3) is 0 Å². The number of halogens is 1. The average Bonchev–Trinajstić information content (AvgIpc) is 2.49. The summed E-state index contributed by atoms with van der Waals surface area (Å²) in [7, 11) is 0. The molecule has 0 saturated heterocycles. The maximum absolute atomic E-state index is 10.9. The molecule has 0 amide bonds. The number of nitrogens with one attached hydrogen (secondary N) is 1.